The Kier molecular flexibility index (Phi) is 8.73. The van der Waals surface area contributed by atoms with E-state index in [1.807, 2.05) is 54.8 Å². The van der Waals surface area contributed by atoms with Gasteiger partial charge in [0.05, 0.1) is 6.61 Å². The Hall–Kier alpha value is -3.04. The summed E-state index contributed by atoms with van der Waals surface area (Å²) in [5.74, 6) is -1.28. The fourth-order valence-corrected chi connectivity index (χ4v) is 4.52. The highest BCUT2D eigenvalue weighted by molar-refractivity contribution is 7.98. The zero-order valence-electron chi connectivity index (χ0n) is 18.4. The summed E-state index contributed by atoms with van der Waals surface area (Å²) in [6.07, 6.45) is 1.44. The molecule has 1 atom stereocenters. The molecule has 0 aliphatic heterocycles. The van der Waals surface area contributed by atoms with Crippen molar-refractivity contribution < 1.29 is 29.3 Å². The zero-order chi connectivity index (χ0) is 23.8. The van der Waals surface area contributed by atoms with Gasteiger partial charge in [0.1, 0.15) is 19.2 Å². The van der Waals surface area contributed by atoms with E-state index < -0.39 is 30.6 Å². The monoisotopic (exact) mass is 472 g/mol. The van der Waals surface area contributed by atoms with Crippen molar-refractivity contribution in [2.24, 2.45) is 0 Å². The number of carbonyl (C=O) groups is 3. The van der Waals surface area contributed by atoms with Gasteiger partial charge in [-0.3, -0.25) is 9.59 Å². The van der Waals surface area contributed by atoms with E-state index in [9.17, 15) is 19.5 Å². The summed E-state index contributed by atoms with van der Waals surface area (Å²) in [5.41, 5.74) is 4.39. The number of aliphatic carboxylic acids is 1. The van der Waals surface area contributed by atoms with E-state index in [1.54, 1.807) is 0 Å². The third kappa shape index (κ3) is 6.06. The van der Waals surface area contributed by atoms with Gasteiger partial charge in [-0.25, -0.2) is 4.79 Å². The van der Waals surface area contributed by atoms with Crippen LogP contribution in [0.15, 0.2) is 48.5 Å². The summed E-state index contributed by atoms with van der Waals surface area (Å²) in [4.78, 5) is 37.6. The first-order valence-electron chi connectivity index (χ1n) is 10.7. The number of alkyl carbamates (subject to hydrolysis) is 1. The van der Waals surface area contributed by atoms with Gasteiger partial charge in [-0.15, -0.1) is 0 Å². The van der Waals surface area contributed by atoms with E-state index >= 15 is 0 Å². The highest BCUT2D eigenvalue weighted by Crippen LogP contribution is 2.44. The molecule has 0 fully saturated rings. The van der Waals surface area contributed by atoms with Crippen LogP contribution in [0.4, 0.5) is 4.79 Å². The third-order valence-electron chi connectivity index (χ3n) is 5.55. The Morgan fingerprint density at radius 1 is 1.09 bits per heavy atom. The lowest BCUT2D eigenvalue weighted by Gasteiger charge is -2.26. The number of carboxylic acids is 1. The molecule has 0 aromatic heterocycles. The number of nitrogens with one attached hydrogen (secondary N) is 1. The Morgan fingerprint density at radius 2 is 1.70 bits per heavy atom. The van der Waals surface area contributed by atoms with Crippen LogP contribution in [0.3, 0.4) is 0 Å². The largest absolute Gasteiger partial charge is 0.480 e. The number of hydrogen-bond acceptors (Lipinski definition) is 6. The maximum absolute atomic E-state index is 12.9. The number of ether oxygens (including phenoxy) is 1. The predicted octanol–water partition coefficient (Wildman–Crippen LogP) is 2.55. The highest BCUT2D eigenvalue weighted by Gasteiger charge is 2.31. The maximum Gasteiger partial charge on any atom is 0.407 e. The van der Waals surface area contributed by atoms with Crippen LogP contribution in [0.5, 0.6) is 0 Å². The lowest BCUT2D eigenvalue weighted by molar-refractivity contribution is -0.145. The molecule has 3 N–H and O–H groups in total. The lowest BCUT2D eigenvalue weighted by Crippen LogP contribution is -2.51. The van der Waals surface area contributed by atoms with Gasteiger partial charge in [0, 0.05) is 12.5 Å². The van der Waals surface area contributed by atoms with Crippen molar-refractivity contribution in [3.8, 4) is 11.1 Å². The predicted molar refractivity (Wildman–Crippen MR) is 126 cm³/mol. The van der Waals surface area contributed by atoms with E-state index in [1.165, 1.54) is 11.8 Å². The van der Waals surface area contributed by atoms with Gasteiger partial charge in [0.15, 0.2) is 0 Å². The molecule has 176 valence electrons. The molecule has 0 radical (unpaired) electrons. The molecule has 2 aromatic carbocycles. The minimum atomic E-state index is -1.19. The molecule has 0 heterocycles. The minimum absolute atomic E-state index is 0.110. The summed E-state index contributed by atoms with van der Waals surface area (Å²) in [6, 6.07) is 15.0. The summed E-state index contributed by atoms with van der Waals surface area (Å²) >= 11 is 1.50. The number of rotatable bonds is 11. The van der Waals surface area contributed by atoms with Gasteiger partial charge < -0.3 is 25.2 Å². The quantitative estimate of drug-likeness (QED) is 0.460. The molecule has 0 bridgehead atoms. The Balaban J connectivity index is 1.68. The zero-order valence-corrected chi connectivity index (χ0v) is 19.2. The molecule has 0 saturated heterocycles. The SMILES string of the molecule is CSCC[C@H](NC(=O)OCC1c2ccccc2-c2ccccc21)C(=O)N(CCO)CC(=O)O. The first kappa shape index (κ1) is 24.6. The molecule has 1 aliphatic rings. The van der Waals surface area contributed by atoms with Crippen LogP contribution in [0, 0.1) is 0 Å². The van der Waals surface area contributed by atoms with Crippen LogP contribution < -0.4 is 5.32 Å². The fourth-order valence-electron chi connectivity index (χ4n) is 4.05. The van der Waals surface area contributed by atoms with Gasteiger partial charge in [-0.1, -0.05) is 48.5 Å². The number of aliphatic hydroxyl groups is 1. The van der Waals surface area contributed by atoms with Crippen molar-refractivity contribution in [2.45, 2.75) is 18.4 Å². The van der Waals surface area contributed by atoms with Crippen LogP contribution in [-0.2, 0) is 14.3 Å². The van der Waals surface area contributed by atoms with Crippen molar-refractivity contribution in [1.29, 1.82) is 0 Å². The topological polar surface area (TPSA) is 116 Å². The molecule has 2 amide bonds. The molecular formula is C24H28N2O6S. The van der Waals surface area contributed by atoms with Crippen molar-refractivity contribution in [3.63, 3.8) is 0 Å². The second-order valence-electron chi connectivity index (χ2n) is 7.68. The summed E-state index contributed by atoms with van der Waals surface area (Å²) < 4.78 is 5.53. The van der Waals surface area contributed by atoms with Crippen molar-refractivity contribution >= 4 is 29.7 Å². The fraction of sp³-hybridized carbons (Fsp3) is 0.375. The van der Waals surface area contributed by atoms with E-state index in [0.717, 1.165) is 27.2 Å². The standard InChI is InChI=1S/C24H28N2O6S/c1-33-13-10-21(23(30)26(11-12-27)14-22(28)29)25-24(31)32-15-20-18-8-4-2-6-16(18)17-7-3-5-9-19(17)20/h2-9,20-21,27H,10-15H2,1H3,(H,25,31)(H,28,29)/t21-/m0/s1. The second-order valence-corrected chi connectivity index (χ2v) is 8.67. The minimum Gasteiger partial charge on any atom is -0.480 e. The van der Waals surface area contributed by atoms with Crippen LogP contribution in [0.25, 0.3) is 11.1 Å². The number of amides is 2. The van der Waals surface area contributed by atoms with E-state index in [-0.39, 0.29) is 25.7 Å². The summed E-state index contributed by atoms with van der Waals surface area (Å²) in [5, 5.41) is 20.9. The number of fused-ring (bicyclic) bond motifs is 3. The normalized spacial score (nSPS) is 13.0. The Labute approximate surface area is 196 Å². The smallest absolute Gasteiger partial charge is 0.407 e. The third-order valence-corrected chi connectivity index (χ3v) is 6.20. The number of aliphatic hydroxyl groups excluding tert-OH is 1. The van der Waals surface area contributed by atoms with Crippen LogP contribution in [0.1, 0.15) is 23.5 Å². The second kappa shape index (κ2) is 11.7. The summed E-state index contributed by atoms with van der Waals surface area (Å²) in [6.45, 7) is -0.952. The molecule has 2 aromatic rings. The first-order valence-corrected chi connectivity index (χ1v) is 12.1. The van der Waals surface area contributed by atoms with Crippen molar-refractivity contribution in [1.82, 2.24) is 10.2 Å². The number of hydrogen-bond donors (Lipinski definition) is 3. The first-order chi connectivity index (χ1) is 16.0. The lowest BCUT2D eigenvalue weighted by atomic mass is 9.98. The number of carboxylic acid groups (broad SMARTS) is 1. The molecule has 0 saturated carbocycles. The van der Waals surface area contributed by atoms with Crippen molar-refractivity contribution in [3.05, 3.63) is 59.7 Å². The Morgan fingerprint density at radius 3 is 2.24 bits per heavy atom. The van der Waals surface area contributed by atoms with Gasteiger partial charge >= 0.3 is 12.1 Å². The molecule has 8 nitrogen and oxygen atoms in total. The van der Waals surface area contributed by atoms with E-state index in [4.69, 9.17) is 9.84 Å². The number of thioether (sulfide) groups is 1. The van der Waals surface area contributed by atoms with Gasteiger partial charge in [-0.2, -0.15) is 11.8 Å². The molecule has 3 rings (SSSR count). The summed E-state index contributed by atoms with van der Waals surface area (Å²) in [7, 11) is 0. The van der Waals surface area contributed by atoms with E-state index in [2.05, 4.69) is 5.32 Å². The van der Waals surface area contributed by atoms with Gasteiger partial charge in [0.25, 0.3) is 0 Å². The molecule has 9 heteroatoms. The number of benzene rings is 2. The number of carbonyl (C=O) groups excluding carboxylic acids is 2. The van der Waals surface area contributed by atoms with Crippen LogP contribution in [0.2, 0.25) is 0 Å². The highest BCUT2D eigenvalue weighted by atomic mass is 32.2. The van der Waals surface area contributed by atoms with E-state index in [0.29, 0.717) is 12.2 Å². The molecule has 33 heavy (non-hydrogen) atoms. The van der Waals surface area contributed by atoms with Gasteiger partial charge in [-0.05, 0) is 40.7 Å². The molecule has 1 aliphatic carbocycles. The van der Waals surface area contributed by atoms with Crippen LogP contribution in [-0.4, -0.2) is 77.4 Å². The molecule has 0 unspecified atom stereocenters. The average molecular weight is 473 g/mol. The number of nitrogens with zero attached hydrogens (tertiary/aromatic N) is 1. The average Bonchev–Trinajstić information content (AvgIpc) is 3.13. The van der Waals surface area contributed by atoms with Gasteiger partial charge in [0.2, 0.25) is 5.91 Å². The molecule has 0 spiro atoms. The maximum atomic E-state index is 12.9. The van der Waals surface area contributed by atoms with Crippen molar-refractivity contribution in [2.75, 3.05) is 38.3 Å². The molecular weight excluding hydrogens is 444 g/mol. The van der Waals surface area contributed by atoms with Crippen LogP contribution >= 0.6 is 11.8 Å². The Bertz CT molecular complexity index is 953.